The Labute approximate surface area is 155 Å². The molecule has 1 aliphatic carbocycles. The zero-order valence-electron chi connectivity index (χ0n) is 14.7. The van der Waals surface area contributed by atoms with Crippen LogP contribution in [0.3, 0.4) is 0 Å². The van der Waals surface area contributed by atoms with Gasteiger partial charge < -0.3 is 15.4 Å². The largest absolute Gasteiger partial charge is 0.495 e. The molecule has 0 aliphatic heterocycles. The molecule has 7 nitrogen and oxygen atoms in total. The van der Waals surface area contributed by atoms with Crippen molar-refractivity contribution >= 4 is 28.3 Å². The zero-order valence-corrected chi connectivity index (χ0v) is 16.3. The SMILES string of the molecule is CCN[C@H](C)CNC(=O)c1ccc(OC)c(S(=O)(=O)NC2CC2)c1.Cl. The van der Waals surface area contributed by atoms with Crippen LogP contribution in [0.2, 0.25) is 0 Å². The van der Waals surface area contributed by atoms with Crippen LogP contribution in [0, 0.1) is 0 Å². The molecule has 1 aliphatic rings. The highest BCUT2D eigenvalue weighted by Crippen LogP contribution is 2.28. The Balaban J connectivity index is 0.00000312. The molecule has 0 saturated heterocycles. The summed E-state index contributed by atoms with van der Waals surface area (Å²) in [6.45, 7) is 5.23. The van der Waals surface area contributed by atoms with Gasteiger partial charge in [-0.1, -0.05) is 6.92 Å². The minimum absolute atomic E-state index is 0. The fourth-order valence-corrected chi connectivity index (χ4v) is 3.78. The molecule has 1 atom stereocenters. The van der Waals surface area contributed by atoms with E-state index in [1.54, 1.807) is 6.07 Å². The van der Waals surface area contributed by atoms with Crippen LogP contribution in [-0.2, 0) is 10.0 Å². The average Bonchev–Trinajstić information content (AvgIpc) is 3.35. The predicted octanol–water partition coefficient (Wildman–Crippen LogP) is 1.29. The van der Waals surface area contributed by atoms with Crippen molar-refractivity contribution in [1.82, 2.24) is 15.4 Å². The number of rotatable bonds is 9. The number of methoxy groups -OCH3 is 1. The molecule has 1 fully saturated rings. The molecule has 9 heteroatoms. The van der Waals surface area contributed by atoms with Gasteiger partial charge in [-0.25, -0.2) is 13.1 Å². The Morgan fingerprint density at radius 3 is 2.60 bits per heavy atom. The van der Waals surface area contributed by atoms with E-state index in [9.17, 15) is 13.2 Å². The highest BCUT2D eigenvalue weighted by atomic mass is 35.5. The van der Waals surface area contributed by atoms with Crippen LogP contribution in [0.5, 0.6) is 5.75 Å². The molecule has 0 spiro atoms. The van der Waals surface area contributed by atoms with Gasteiger partial charge >= 0.3 is 0 Å². The van der Waals surface area contributed by atoms with Gasteiger partial charge in [-0.2, -0.15) is 0 Å². The molecule has 1 aromatic carbocycles. The third-order valence-electron chi connectivity index (χ3n) is 3.74. The molecule has 0 aromatic heterocycles. The number of halogens is 1. The quantitative estimate of drug-likeness (QED) is 0.589. The van der Waals surface area contributed by atoms with E-state index in [2.05, 4.69) is 15.4 Å². The number of amides is 1. The normalized spacial score (nSPS) is 15.2. The van der Waals surface area contributed by atoms with Crippen LogP contribution >= 0.6 is 12.4 Å². The maximum atomic E-state index is 12.5. The molecule has 1 amide bonds. The molecule has 3 N–H and O–H groups in total. The predicted molar refractivity (Wildman–Crippen MR) is 99.1 cm³/mol. The molecular weight excluding hydrogens is 366 g/mol. The molecule has 0 radical (unpaired) electrons. The molecule has 142 valence electrons. The van der Waals surface area contributed by atoms with Crippen molar-refractivity contribution in [2.24, 2.45) is 0 Å². The van der Waals surface area contributed by atoms with Gasteiger partial charge in [-0.3, -0.25) is 4.79 Å². The Morgan fingerprint density at radius 1 is 1.36 bits per heavy atom. The van der Waals surface area contributed by atoms with Crippen molar-refractivity contribution < 1.29 is 17.9 Å². The van der Waals surface area contributed by atoms with E-state index < -0.39 is 10.0 Å². The Bertz CT molecular complexity index is 693. The van der Waals surface area contributed by atoms with E-state index in [4.69, 9.17) is 4.74 Å². The smallest absolute Gasteiger partial charge is 0.251 e. The monoisotopic (exact) mass is 391 g/mol. The van der Waals surface area contributed by atoms with E-state index in [1.807, 2.05) is 13.8 Å². The number of nitrogens with one attached hydrogen (secondary N) is 3. The Kier molecular flexibility index (Phi) is 8.14. The summed E-state index contributed by atoms with van der Waals surface area (Å²) in [5.74, 6) is -0.0917. The zero-order chi connectivity index (χ0) is 17.7. The van der Waals surface area contributed by atoms with Gasteiger partial charge in [0.15, 0.2) is 0 Å². The van der Waals surface area contributed by atoms with Crippen LogP contribution < -0.4 is 20.1 Å². The number of carbonyl (C=O) groups is 1. The van der Waals surface area contributed by atoms with E-state index in [0.717, 1.165) is 19.4 Å². The molecular formula is C16H26ClN3O4S. The molecule has 25 heavy (non-hydrogen) atoms. The second-order valence-corrected chi connectivity index (χ2v) is 7.61. The Hall–Kier alpha value is -1.35. The summed E-state index contributed by atoms with van der Waals surface area (Å²) in [7, 11) is -2.30. The van der Waals surface area contributed by atoms with Crippen molar-refractivity contribution in [2.45, 2.75) is 43.7 Å². The first-order chi connectivity index (χ1) is 11.4. The van der Waals surface area contributed by atoms with Crippen molar-refractivity contribution in [1.29, 1.82) is 0 Å². The number of hydrogen-bond acceptors (Lipinski definition) is 5. The summed E-state index contributed by atoms with van der Waals surface area (Å²) in [5.41, 5.74) is 0.288. The number of sulfonamides is 1. The van der Waals surface area contributed by atoms with Crippen LogP contribution in [0.15, 0.2) is 23.1 Å². The van der Waals surface area contributed by atoms with Gasteiger partial charge in [0, 0.05) is 24.2 Å². The molecule has 0 heterocycles. The van der Waals surface area contributed by atoms with E-state index >= 15 is 0 Å². The van der Waals surface area contributed by atoms with E-state index in [-0.39, 0.29) is 46.6 Å². The van der Waals surface area contributed by atoms with Gasteiger partial charge in [0.05, 0.1) is 7.11 Å². The van der Waals surface area contributed by atoms with Crippen LogP contribution in [-0.4, -0.2) is 46.6 Å². The lowest BCUT2D eigenvalue weighted by Gasteiger charge is -2.15. The number of benzene rings is 1. The lowest BCUT2D eigenvalue weighted by molar-refractivity contribution is 0.0950. The van der Waals surface area contributed by atoms with Gasteiger partial charge in [-0.05, 0) is 44.5 Å². The average molecular weight is 392 g/mol. The lowest BCUT2D eigenvalue weighted by Crippen LogP contribution is -2.38. The maximum Gasteiger partial charge on any atom is 0.251 e. The van der Waals surface area contributed by atoms with Crippen molar-refractivity contribution in [3.63, 3.8) is 0 Å². The Morgan fingerprint density at radius 2 is 2.04 bits per heavy atom. The van der Waals surface area contributed by atoms with Gasteiger partial charge in [0.1, 0.15) is 10.6 Å². The standard InChI is InChI=1S/C16H25N3O4S.ClH/c1-4-17-11(2)10-18-16(20)12-5-8-14(23-3)15(9-12)24(21,22)19-13-6-7-13;/h5,8-9,11,13,17,19H,4,6-7,10H2,1-3H3,(H,18,20);1H/t11-;/m1./s1. The minimum atomic E-state index is -3.70. The first-order valence-electron chi connectivity index (χ1n) is 8.09. The molecule has 0 bridgehead atoms. The third kappa shape index (κ3) is 6.14. The minimum Gasteiger partial charge on any atom is -0.495 e. The summed E-state index contributed by atoms with van der Waals surface area (Å²) in [5, 5.41) is 5.99. The number of ether oxygens (including phenoxy) is 1. The van der Waals surface area contributed by atoms with E-state index in [1.165, 1.54) is 19.2 Å². The molecule has 2 rings (SSSR count). The van der Waals surface area contributed by atoms with Crippen LogP contribution in [0.25, 0.3) is 0 Å². The molecule has 1 aromatic rings. The fourth-order valence-electron chi connectivity index (χ4n) is 2.28. The van der Waals surface area contributed by atoms with Gasteiger partial charge in [-0.15, -0.1) is 12.4 Å². The second kappa shape index (κ2) is 9.38. The fraction of sp³-hybridized carbons (Fsp3) is 0.562. The summed E-state index contributed by atoms with van der Waals surface area (Å²) >= 11 is 0. The van der Waals surface area contributed by atoms with Crippen LogP contribution in [0.1, 0.15) is 37.0 Å². The first kappa shape index (κ1) is 21.7. The third-order valence-corrected chi connectivity index (χ3v) is 5.28. The maximum absolute atomic E-state index is 12.5. The summed E-state index contributed by atoms with van der Waals surface area (Å²) < 4.78 is 32.7. The summed E-state index contributed by atoms with van der Waals surface area (Å²) in [6, 6.07) is 4.54. The molecule has 1 saturated carbocycles. The topological polar surface area (TPSA) is 96.5 Å². The van der Waals surface area contributed by atoms with Crippen molar-refractivity contribution in [3.8, 4) is 5.75 Å². The van der Waals surface area contributed by atoms with Crippen LogP contribution in [0.4, 0.5) is 0 Å². The molecule has 0 unspecified atom stereocenters. The van der Waals surface area contributed by atoms with Gasteiger partial charge in [0.2, 0.25) is 10.0 Å². The van der Waals surface area contributed by atoms with Gasteiger partial charge in [0.25, 0.3) is 5.91 Å². The van der Waals surface area contributed by atoms with Crippen molar-refractivity contribution in [3.05, 3.63) is 23.8 Å². The first-order valence-corrected chi connectivity index (χ1v) is 9.57. The van der Waals surface area contributed by atoms with E-state index in [0.29, 0.717) is 6.54 Å². The lowest BCUT2D eigenvalue weighted by atomic mass is 10.2. The number of likely N-dealkylation sites (N-methyl/N-ethyl adjacent to an activating group) is 1. The second-order valence-electron chi connectivity index (χ2n) is 5.93. The number of carbonyl (C=O) groups excluding carboxylic acids is 1. The van der Waals surface area contributed by atoms with Crippen molar-refractivity contribution in [2.75, 3.05) is 20.2 Å². The number of hydrogen-bond donors (Lipinski definition) is 3. The highest BCUT2D eigenvalue weighted by molar-refractivity contribution is 7.89. The summed E-state index contributed by atoms with van der Waals surface area (Å²) in [6.07, 6.45) is 1.67. The highest BCUT2D eigenvalue weighted by Gasteiger charge is 2.30. The summed E-state index contributed by atoms with van der Waals surface area (Å²) in [4.78, 5) is 12.3.